The van der Waals surface area contributed by atoms with Crippen LogP contribution >= 0.6 is 0 Å². The summed E-state index contributed by atoms with van der Waals surface area (Å²) in [6.45, 7) is 9.14. The van der Waals surface area contributed by atoms with E-state index >= 15 is 0 Å². The van der Waals surface area contributed by atoms with Gasteiger partial charge in [-0.15, -0.1) is 0 Å². The van der Waals surface area contributed by atoms with Crippen molar-refractivity contribution < 1.29 is 0 Å². The van der Waals surface area contributed by atoms with Crippen LogP contribution in [0, 0.1) is 13.8 Å². The maximum atomic E-state index is 3.88. The smallest absolute Gasteiger partial charge is 0.0402 e. The third-order valence-electron chi connectivity index (χ3n) is 5.47. The first-order valence-electron chi connectivity index (χ1n) is 8.19. The number of nitrogens with one attached hydrogen (secondary N) is 1. The highest BCUT2D eigenvalue weighted by Crippen LogP contribution is 2.35. The number of anilines is 1. The second kappa shape index (κ2) is 5.40. The standard InChI is InChI=1S/C18H28N2/c1-14-8-7-9-17(16(14)3)20-13-18(19-12-15(20)2)10-5-4-6-11-18/h7-9,15,19H,4-6,10-13H2,1-3H3. The molecule has 0 radical (unpaired) electrons. The Morgan fingerprint density at radius 3 is 2.65 bits per heavy atom. The van der Waals surface area contributed by atoms with Gasteiger partial charge in [0.25, 0.3) is 0 Å². The van der Waals surface area contributed by atoms with Crippen LogP contribution in [0.1, 0.15) is 50.2 Å². The van der Waals surface area contributed by atoms with Gasteiger partial charge in [-0.2, -0.15) is 0 Å². The molecule has 0 aromatic heterocycles. The van der Waals surface area contributed by atoms with Gasteiger partial charge in [-0.25, -0.2) is 0 Å². The summed E-state index contributed by atoms with van der Waals surface area (Å²) >= 11 is 0. The molecule has 110 valence electrons. The third-order valence-corrected chi connectivity index (χ3v) is 5.47. The largest absolute Gasteiger partial charge is 0.365 e. The fourth-order valence-corrected chi connectivity index (χ4v) is 3.95. The second-order valence-electron chi connectivity index (χ2n) is 6.92. The maximum absolute atomic E-state index is 3.88. The van der Waals surface area contributed by atoms with Gasteiger partial charge in [-0.1, -0.05) is 31.4 Å². The zero-order chi connectivity index (χ0) is 14.2. The van der Waals surface area contributed by atoms with Gasteiger partial charge in [0.1, 0.15) is 0 Å². The molecule has 1 atom stereocenters. The number of hydrogen-bond donors (Lipinski definition) is 1. The Morgan fingerprint density at radius 1 is 1.15 bits per heavy atom. The predicted octanol–water partition coefficient (Wildman–Crippen LogP) is 3.80. The van der Waals surface area contributed by atoms with Gasteiger partial charge in [0.2, 0.25) is 0 Å². The molecular formula is C18H28N2. The molecule has 1 aromatic rings. The molecule has 0 amide bonds. The van der Waals surface area contributed by atoms with Crippen molar-refractivity contribution in [2.45, 2.75) is 64.5 Å². The molecule has 2 heteroatoms. The molecular weight excluding hydrogens is 244 g/mol. The summed E-state index contributed by atoms with van der Waals surface area (Å²) in [6.07, 6.45) is 6.90. The van der Waals surface area contributed by atoms with Crippen molar-refractivity contribution in [3.05, 3.63) is 29.3 Å². The lowest BCUT2D eigenvalue weighted by Gasteiger charge is -2.50. The zero-order valence-corrected chi connectivity index (χ0v) is 13.2. The summed E-state index contributed by atoms with van der Waals surface area (Å²) in [7, 11) is 0. The fraction of sp³-hybridized carbons (Fsp3) is 0.667. The van der Waals surface area contributed by atoms with Crippen LogP contribution in [0.5, 0.6) is 0 Å². The molecule has 2 fully saturated rings. The van der Waals surface area contributed by atoms with E-state index in [1.165, 1.54) is 55.5 Å². The predicted molar refractivity (Wildman–Crippen MR) is 86.5 cm³/mol. The first-order valence-corrected chi connectivity index (χ1v) is 8.19. The van der Waals surface area contributed by atoms with Crippen molar-refractivity contribution in [2.75, 3.05) is 18.0 Å². The highest BCUT2D eigenvalue weighted by Gasteiger charge is 2.38. The molecule has 2 aliphatic rings. The average molecular weight is 272 g/mol. The van der Waals surface area contributed by atoms with Gasteiger partial charge in [0.15, 0.2) is 0 Å². The topological polar surface area (TPSA) is 15.3 Å². The van der Waals surface area contributed by atoms with Gasteiger partial charge in [0.05, 0.1) is 0 Å². The molecule has 1 aliphatic heterocycles. The Morgan fingerprint density at radius 2 is 1.90 bits per heavy atom. The highest BCUT2D eigenvalue weighted by molar-refractivity contribution is 5.57. The van der Waals surface area contributed by atoms with Crippen molar-refractivity contribution in [1.29, 1.82) is 0 Å². The molecule has 2 nitrogen and oxygen atoms in total. The molecule has 1 spiro atoms. The quantitative estimate of drug-likeness (QED) is 0.836. The van der Waals surface area contributed by atoms with Gasteiger partial charge < -0.3 is 10.2 Å². The Bertz CT molecular complexity index is 474. The molecule has 3 rings (SSSR count). The summed E-state index contributed by atoms with van der Waals surface area (Å²) in [4.78, 5) is 2.66. The van der Waals surface area contributed by atoms with E-state index in [9.17, 15) is 0 Å². The van der Waals surface area contributed by atoms with Gasteiger partial charge >= 0.3 is 0 Å². The van der Waals surface area contributed by atoms with Crippen LogP contribution in [0.2, 0.25) is 0 Å². The molecule has 1 aliphatic carbocycles. The van der Waals surface area contributed by atoms with Crippen molar-refractivity contribution in [3.63, 3.8) is 0 Å². The van der Waals surface area contributed by atoms with Crippen LogP contribution in [0.25, 0.3) is 0 Å². The van der Waals surface area contributed by atoms with Gasteiger partial charge in [-0.05, 0) is 50.8 Å². The number of aryl methyl sites for hydroxylation is 1. The minimum absolute atomic E-state index is 0.376. The summed E-state index contributed by atoms with van der Waals surface area (Å²) in [6, 6.07) is 7.32. The first kappa shape index (κ1) is 13.9. The fourth-order valence-electron chi connectivity index (χ4n) is 3.95. The van der Waals surface area contributed by atoms with Crippen LogP contribution in [0.15, 0.2) is 18.2 Å². The lowest BCUT2D eigenvalue weighted by atomic mass is 9.79. The van der Waals surface area contributed by atoms with E-state index in [0.717, 1.165) is 6.54 Å². The van der Waals surface area contributed by atoms with E-state index in [1.807, 2.05) is 0 Å². The van der Waals surface area contributed by atoms with Crippen LogP contribution in [0.3, 0.4) is 0 Å². The van der Waals surface area contributed by atoms with Gasteiger partial charge in [-0.3, -0.25) is 0 Å². The molecule has 1 saturated carbocycles. The Balaban J connectivity index is 1.88. The Hall–Kier alpha value is -1.02. The number of nitrogens with zero attached hydrogens (tertiary/aromatic N) is 1. The van der Waals surface area contributed by atoms with Crippen molar-refractivity contribution in [2.24, 2.45) is 0 Å². The van der Waals surface area contributed by atoms with E-state index in [2.05, 4.69) is 49.2 Å². The highest BCUT2D eigenvalue weighted by atomic mass is 15.3. The molecule has 1 heterocycles. The lowest BCUT2D eigenvalue weighted by molar-refractivity contribution is 0.200. The normalized spacial score (nSPS) is 25.9. The lowest BCUT2D eigenvalue weighted by Crippen LogP contribution is -2.64. The van der Waals surface area contributed by atoms with E-state index in [-0.39, 0.29) is 0 Å². The second-order valence-corrected chi connectivity index (χ2v) is 6.92. The van der Waals surface area contributed by atoms with Crippen molar-refractivity contribution >= 4 is 5.69 Å². The molecule has 1 aromatic carbocycles. The van der Waals surface area contributed by atoms with E-state index in [4.69, 9.17) is 0 Å². The first-order chi connectivity index (χ1) is 9.61. The molecule has 1 unspecified atom stereocenters. The van der Waals surface area contributed by atoms with Crippen LogP contribution in [0.4, 0.5) is 5.69 Å². The average Bonchev–Trinajstić information content (AvgIpc) is 2.46. The summed E-state index contributed by atoms with van der Waals surface area (Å²) in [5.74, 6) is 0. The summed E-state index contributed by atoms with van der Waals surface area (Å²) in [5.41, 5.74) is 4.68. The number of hydrogen-bond acceptors (Lipinski definition) is 2. The minimum atomic E-state index is 0.376. The Kier molecular flexibility index (Phi) is 3.76. The minimum Gasteiger partial charge on any atom is -0.365 e. The number of piperazine rings is 1. The monoisotopic (exact) mass is 272 g/mol. The van der Waals surface area contributed by atoms with Gasteiger partial charge in [0, 0.05) is 30.4 Å². The Labute approximate surface area is 123 Å². The number of rotatable bonds is 1. The SMILES string of the molecule is Cc1cccc(N2CC3(CCCCC3)NCC2C)c1C. The van der Waals surface area contributed by atoms with Crippen LogP contribution < -0.4 is 10.2 Å². The molecule has 1 saturated heterocycles. The van der Waals surface area contributed by atoms with Crippen molar-refractivity contribution in [1.82, 2.24) is 5.32 Å². The summed E-state index contributed by atoms with van der Waals surface area (Å²) in [5, 5.41) is 3.88. The summed E-state index contributed by atoms with van der Waals surface area (Å²) < 4.78 is 0. The molecule has 1 N–H and O–H groups in total. The van der Waals surface area contributed by atoms with E-state index < -0.39 is 0 Å². The van der Waals surface area contributed by atoms with E-state index in [0.29, 0.717) is 11.6 Å². The molecule has 20 heavy (non-hydrogen) atoms. The van der Waals surface area contributed by atoms with Crippen LogP contribution in [-0.4, -0.2) is 24.7 Å². The van der Waals surface area contributed by atoms with E-state index in [1.54, 1.807) is 0 Å². The zero-order valence-electron chi connectivity index (χ0n) is 13.2. The molecule has 0 bridgehead atoms. The van der Waals surface area contributed by atoms with Crippen LogP contribution in [-0.2, 0) is 0 Å². The maximum Gasteiger partial charge on any atom is 0.0402 e. The number of benzene rings is 1. The third kappa shape index (κ3) is 2.46. The van der Waals surface area contributed by atoms with Crippen molar-refractivity contribution in [3.8, 4) is 0 Å².